The summed E-state index contributed by atoms with van der Waals surface area (Å²) in [5.41, 5.74) is 0.748. The minimum absolute atomic E-state index is 0.0978. The van der Waals surface area contributed by atoms with Crippen molar-refractivity contribution in [2.45, 2.75) is 18.9 Å². The molecule has 2 aliphatic rings. The number of nitrogens with zero attached hydrogens (tertiary/aromatic N) is 2. The van der Waals surface area contributed by atoms with Crippen LogP contribution in [0.15, 0.2) is 12.1 Å². The minimum Gasteiger partial charge on any atom is -0.493 e. The number of ether oxygens (including phenoxy) is 4. The first kappa shape index (κ1) is 20.5. The van der Waals surface area contributed by atoms with E-state index in [0.29, 0.717) is 55.1 Å². The van der Waals surface area contributed by atoms with E-state index in [0.717, 1.165) is 18.5 Å². The highest BCUT2D eigenvalue weighted by Crippen LogP contribution is 2.40. The molecule has 0 radical (unpaired) electrons. The van der Waals surface area contributed by atoms with E-state index in [2.05, 4.69) is 10.2 Å². The van der Waals surface area contributed by atoms with Crippen molar-refractivity contribution in [2.24, 2.45) is 0 Å². The number of nitrogens with one attached hydrogen (secondary N) is 1. The second-order valence-electron chi connectivity index (χ2n) is 6.66. The molecule has 1 N–H and O–H groups in total. The Morgan fingerprint density at radius 3 is 2.18 bits per heavy atom. The van der Waals surface area contributed by atoms with Gasteiger partial charge in [0.25, 0.3) is 5.91 Å². The van der Waals surface area contributed by atoms with Crippen LogP contribution in [0, 0.1) is 0 Å². The van der Waals surface area contributed by atoms with E-state index in [1.165, 1.54) is 0 Å². The Morgan fingerprint density at radius 2 is 1.68 bits per heavy atom. The normalized spacial score (nSPS) is 19.3. The summed E-state index contributed by atoms with van der Waals surface area (Å²) in [4.78, 5) is 16.4. The maximum atomic E-state index is 12.5. The fraction of sp³-hybridized carbons (Fsp3) is 0.579. The molecule has 8 nitrogen and oxygen atoms in total. The summed E-state index contributed by atoms with van der Waals surface area (Å²) in [6.45, 7) is 3.30. The average Bonchev–Trinajstić information content (AvgIpc) is 3.27. The largest absolute Gasteiger partial charge is 0.493 e. The van der Waals surface area contributed by atoms with Gasteiger partial charge in [-0.1, -0.05) is 0 Å². The summed E-state index contributed by atoms with van der Waals surface area (Å²) in [5, 5.41) is 3.82. The summed E-state index contributed by atoms with van der Waals surface area (Å²) in [7, 11) is 4.71. The van der Waals surface area contributed by atoms with Crippen molar-refractivity contribution in [2.75, 3.05) is 59.4 Å². The first-order chi connectivity index (χ1) is 13.6. The van der Waals surface area contributed by atoms with Crippen LogP contribution in [0.4, 0.5) is 5.69 Å². The van der Waals surface area contributed by atoms with Gasteiger partial charge in [0.1, 0.15) is 6.10 Å². The Balaban J connectivity index is 1.59. The number of piperazine rings is 1. The number of carbonyl (C=O) groups excluding carboxylic acids is 1. The van der Waals surface area contributed by atoms with Crippen LogP contribution in [0.2, 0.25) is 0 Å². The van der Waals surface area contributed by atoms with Gasteiger partial charge in [-0.15, -0.1) is 0 Å². The van der Waals surface area contributed by atoms with Gasteiger partial charge in [0.05, 0.1) is 21.3 Å². The summed E-state index contributed by atoms with van der Waals surface area (Å²) >= 11 is 5.56. The summed E-state index contributed by atoms with van der Waals surface area (Å²) < 4.78 is 21.6. The maximum absolute atomic E-state index is 12.5. The first-order valence-electron chi connectivity index (χ1n) is 9.33. The number of amides is 1. The zero-order valence-electron chi connectivity index (χ0n) is 16.5. The summed E-state index contributed by atoms with van der Waals surface area (Å²) in [5.74, 6) is 1.74. The van der Waals surface area contributed by atoms with Crippen LogP contribution in [0.5, 0.6) is 17.2 Å². The quantitative estimate of drug-likeness (QED) is 0.738. The molecule has 1 aromatic carbocycles. The van der Waals surface area contributed by atoms with Crippen LogP contribution < -0.4 is 19.5 Å². The van der Waals surface area contributed by atoms with E-state index in [1.54, 1.807) is 21.3 Å². The molecule has 1 atom stereocenters. The molecule has 9 heteroatoms. The number of methoxy groups -OCH3 is 3. The molecule has 0 saturated carbocycles. The Hall–Kier alpha value is -2.26. The fourth-order valence-corrected chi connectivity index (χ4v) is 3.76. The van der Waals surface area contributed by atoms with Gasteiger partial charge in [0.15, 0.2) is 16.6 Å². The van der Waals surface area contributed by atoms with Crippen molar-refractivity contribution < 1.29 is 23.7 Å². The molecule has 154 valence electrons. The zero-order chi connectivity index (χ0) is 20.1. The molecule has 0 spiro atoms. The lowest BCUT2D eigenvalue weighted by Gasteiger charge is -2.37. The Bertz CT molecular complexity index is 691. The number of hydrogen-bond donors (Lipinski definition) is 1. The first-order valence-corrected chi connectivity index (χ1v) is 9.74. The van der Waals surface area contributed by atoms with Gasteiger partial charge in [-0.3, -0.25) is 4.79 Å². The SMILES string of the molecule is COc1cc(NC(=S)N2CCN(C(=O)[C@H]3CCCO3)CC2)cc(OC)c1OC. The topological polar surface area (TPSA) is 72.5 Å². The van der Waals surface area contributed by atoms with E-state index in [-0.39, 0.29) is 12.0 Å². The molecule has 2 saturated heterocycles. The lowest BCUT2D eigenvalue weighted by atomic mass is 10.2. The number of anilines is 1. The Morgan fingerprint density at radius 1 is 1.07 bits per heavy atom. The second-order valence-corrected chi connectivity index (χ2v) is 7.04. The molecule has 0 unspecified atom stereocenters. The fourth-order valence-electron chi connectivity index (χ4n) is 3.46. The van der Waals surface area contributed by atoms with Crippen LogP contribution >= 0.6 is 12.2 Å². The standard InChI is InChI=1S/C19H27N3O5S/c1-24-15-11-13(12-16(25-2)17(15)26-3)20-19(28)22-8-6-21(7-9-22)18(23)14-5-4-10-27-14/h11-12,14H,4-10H2,1-3H3,(H,20,28)/t14-/m1/s1. The van der Waals surface area contributed by atoms with Crippen molar-refractivity contribution in [3.05, 3.63) is 12.1 Å². The molecule has 28 heavy (non-hydrogen) atoms. The van der Waals surface area contributed by atoms with Gasteiger partial charge in [-0.05, 0) is 25.1 Å². The number of hydrogen-bond acceptors (Lipinski definition) is 6. The summed E-state index contributed by atoms with van der Waals surface area (Å²) in [6, 6.07) is 3.62. The van der Waals surface area contributed by atoms with Crippen LogP contribution in [0.3, 0.4) is 0 Å². The minimum atomic E-state index is -0.268. The molecular formula is C19H27N3O5S. The second kappa shape index (κ2) is 9.29. The van der Waals surface area contributed by atoms with Crippen molar-refractivity contribution in [3.63, 3.8) is 0 Å². The molecule has 2 fully saturated rings. The van der Waals surface area contributed by atoms with Crippen molar-refractivity contribution in [1.82, 2.24) is 9.80 Å². The Labute approximate surface area is 170 Å². The predicted molar refractivity (Wildman–Crippen MR) is 109 cm³/mol. The van der Waals surface area contributed by atoms with Gasteiger partial charge in [0.2, 0.25) is 5.75 Å². The molecule has 3 rings (SSSR count). The van der Waals surface area contributed by atoms with E-state index in [9.17, 15) is 4.79 Å². The number of carbonyl (C=O) groups is 1. The highest BCUT2D eigenvalue weighted by Gasteiger charge is 2.30. The van der Waals surface area contributed by atoms with Crippen molar-refractivity contribution >= 4 is 28.9 Å². The van der Waals surface area contributed by atoms with E-state index >= 15 is 0 Å². The molecular weight excluding hydrogens is 382 g/mol. The van der Waals surface area contributed by atoms with Crippen LogP contribution in [-0.4, -0.2) is 81.0 Å². The lowest BCUT2D eigenvalue weighted by Crippen LogP contribution is -2.53. The maximum Gasteiger partial charge on any atom is 0.251 e. The molecule has 0 aliphatic carbocycles. The van der Waals surface area contributed by atoms with Crippen LogP contribution in [0.1, 0.15) is 12.8 Å². The number of rotatable bonds is 5. The third-order valence-electron chi connectivity index (χ3n) is 5.00. The monoisotopic (exact) mass is 409 g/mol. The molecule has 0 bridgehead atoms. The van der Waals surface area contributed by atoms with E-state index in [4.69, 9.17) is 31.2 Å². The van der Waals surface area contributed by atoms with Crippen LogP contribution in [-0.2, 0) is 9.53 Å². The number of benzene rings is 1. The van der Waals surface area contributed by atoms with Crippen molar-refractivity contribution in [1.29, 1.82) is 0 Å². The van der Waals surface area contributed by atoms with Gasteiger partial charge in [0, 0.05) is 50.6 Å². The molecule has 0 aromatic heterocycles. The lowest BCUT2D eigenvalue weighted by molar-refractivity contribution is -0.142. The zero-order valence-corrected chi connectivity index (χ0v) is 17.3. The molecule has 1 amide bonds. The number of thiocarbonyl (C=S) groups is 1. The van der Waals surface area contributed by atoms with Gasteiger partial charge >= 0.3 is 0 Å². The summed E-state index contributed by atoms with van der Waals surface area (Å²) in [6.07, 6.45) is 1.51. The van der Waals surface area contributed by atoms with E-state index in [1.807, 2.05) is 17.0 Å². The highest BCUT2D eigenvalue weighted by atomic mass is 32.1. The van der Waals surface area contributed by atoms with Gasteiger partial charge in [-0.2, -0.15) is 0 Å². The van der Waals surface area contributed by atoms with Crippen LogP contribution in [0.25, 0.3) is 0 Å². The predicted octanol–water partition coefficient (Wildman–Crippen LogP) is 1.73. The van der Waals surface area contributed by atoms with E-state index < -0.39 is 0 Å². The highest BCUT2D eigenvalue weighted by molar-refractivity contribution is 7.80. The van der Waals surface area contributed by atoms with Gasteiger partial charge in [-0.25, -0.2) is 0 Å². The molecule has 2 aliphatic heterocycles. The molecule has 2 heterocycles. The third kappa shape index (κ3) is 4.41. The third-order valence-corrected chi connectivity index (χ3v) is 5.36. The average molecular weight is 410 g/mol. The molecule has 1 aromatic rings. The van der Waals surface area contributed by atoms with Crippen molar-refractivity contribution in [3.8, 4) is 17.2 Å². The smallest absolute Gasteiger partial charge is 0.251 e. The van der Waals surface area contributed by atoms with Gasteiger partial charge < -0.3 is 34.1 Å². The Kier molecular flexibility index (Phi) is 6.79.